The maximum Gasteiger partial charge on any atom is 0.257 e. The zero-order valence-electron chi connectivity index (χ0n) is 14.1. The minimum absolute atomic E-state index is 0.0581. The largest absolute Gasteiger partial charge is 0.335 e. The number of carbonyl (C=O) groups excluding carboxylic acids is 3. The molecule has 1 aliphatic heterocycles. The van der Waals surface area contributed by atoms with Crippen molar-refractivity contribution < 1.29 is 14.4 Å². The Hall–Kier alpha value is -1.65. The van der Waals surface area contributed by atoms with Crippen molar-refractivity contribution in [2.45, 2.75) is 70.9 Å². The zero-order valence-corrected chi connectivity index (χ0v) is 14.1. The van der Waals surface area contributed by atoms with Crippen molar-refractivity contribution in [3.8, 4) is 0 Å². The molecule has 3 aliphatic rings. The number of imide groups is 1. The molecule has 0 N–H and O–H groups in total. The van der Waals surface area contributed by atoms with E-state index in [2.05, 4.69) is 6.92 Å². The first-order valence-corrected chi connectivity index (χ1v) is 8.86. The Kier molecular flexibility index (Phi) is 4.55. The predicted octanol–water partition coefficient (Wildman–Crippen LogP) is 2.26. The molecule has 2 aliphatic carbocycles. The maximum absolute atomic E-state index is 12.8. The van der Waals surface area contributed by atoms with Crippen LogP contribution in [0.25, 0.3) is 0 Å². The topological polar surface area (TPSA) is 57.7 Å². The van der Waals surface area contributed by atoms with Crippen LogP contribution in [-0.2, 0) is 14.4 Å². The Balaban J connectivity index is 1.64. The van der Waals surface area contributed by atoms with E-state index in [9.17, 15) is 14.4 Å². The van der Waals surface area contributed by atoms with Crippen molar-refractivity contribution in [3.05, 3.63) is 11.6 Å². The average Bonchev–Trinajstić information content (AvgIpc) is 3.33. The third kappa shape index (κ3) is 3.33. The summed E-state index contributed by atoms with van der Waals surface area (Å²) in [5, 5.41) is 0. The molecule has 2 fully saturated rings. The van der Waals surface area contributed by atoms with Gasteiger partial charge in [0.15, 0.2) is 0 Å². The molecule has 2 saturated carbocycles. The van der Waals surface area contributed by atoms with Crippen LogP contribution in [0.2, 0.25) is 0 Å². The van der Waals surface area contributed by atoms with Gasteiger partial charge in [-0.05, 0) is 51.4 Å². The van der Waals surface area contributed by atoms with Crippen molar-refractivity contribution in [2.24, 2.45) is 5.92 Å². The summed E-state index contributed by atoms with van der Waals surface area (Å²) in [7, 11) is 0. The van der Waals surface area contributed by atoms with Gasteiger partial charge in [0.1, 0.15) is 6.54 Å². The standard InChI is InChI=1S/C18H26N2O3/c1-3-13-4-6-14(7-5-13)20(15-8-9-15)17(22)11-19-16(21)10-12(2)18(19)23/h10,13-15H,3-9,11H2,1-2H3. The fourth-order valence-electron chi connectivity index (χ4n) is 3.89. The Morgan fingerprint density at radius 2 is 1.70 bits per heavy atom. The molecule has 0 spiro atoms. The van der Waals surface area contributed by atoms with Crippen LogP contribution in [0.3, 0.4) is 0 Å². The Morgan fingerprint density at radius 1 is 1.13 bits per heavy atom. The molecule has 1 heterocycles. The van der Waals surface area contributed by atoms with Crippen molar-refractivity contribution >= 4 is 17.7 Å². The molecular formula is C18H26N2O3. The molecule has 0 aromatic heterocycles. The monoisotopic (exact) mass is 318 g/mol. The van der Waals surface area contributed by atoms with Gasteiger partial charge in [-0.1, -0.05) is 13.3 Å². The second-order valence-electron chi connectivity index (χ2n) is 7.17. The minimum atomic E-state index is -0.355. The van der Waals surface area contributed by atoms with Crippen LogP contribution in [0.15, 0.2) is 11.6 Å². The molecule has 0 bridgehead atoms. The number of hydrogen-bond acceptors (Lipinski definition) is 3. The first-order valence-electron chi connectivity index (χ1n) is 8.86. The third-order valence-electron chi connectivity index (χ3n) is 5.50. The van der Waals surface area contributed by atoms with E-state index in [-0.39, 0.29) is 24.3 Å². The van der Waals surface area contributed by atoms with E-state index in [1.807, 2.05) is 4.90 Å². The number of amides is 3. The molecule has 126 valence electrons. The molecule has 5 nitrogen and oxygen atoms in total. The Bertz CT molecular complexity index is 542. The lowest BCUT2D eigenvalue weighted by Gasteiger charge is -2.37. The summed E-state index contributed by atoms with van der Waals surface area (Å²) >= 11 is 0. The number of rotatable bonds is 5. The summed E-state index contributed by atoms with van der Waals surface area (Å²) in [6.07, 6.45) is 9.12. The van der Waals surface area contributed by atoms with Crippen molar-refractivity contribution in [3.63, 3.8) is 0 Å². The fraction of sp³-hybridized carbons (Fsp3) is 0.722. The first-order chi connectivity index (χ1) is 11.0. The number of hydrogen-bond donors (Lipinski definition) is 0. The lowest BCUT2D eigenvalue weighted by atomic mass is 9.84. The van der Waals surface area contributed by atoms with Crippen molar-refractivity contribution in [2.75, 3.05) is 6.54 Å². The van der Waals surface area contributed by atoms with Crippen molar-refractivity contribution in [1.82, 2.24) is 9.80 Å². The summed E-state index contributed by atoms with van der Waals surface area (Å²) in [6, 6.07) is 0.618. The smallest absolute Gasteiger partial charge is 0.257 e. The molecule has 0 saturated heterocycles. The Labute approximate surface area is 137 Å². The molecule has 3 amide bonds. The van der Waals surface area contributed by atoms with E-state index in [1.165, 1.54) is 25.3 Å². The minimum Gasteiger partial charge on any atom is -0.335 e. The normalized spacial score (nSPS) is 28.1. The fourth-order valence-corrected chi connectivity index (χ4v) is 3.89. The highest BCUT2D eigenvalue weighted by Gasteiger charge is 2.40. The molecule has 3 rings (SSSR count). The van der Waals surface area contributed by atoms with Gasteiger partial charge in [-0.2, -0.15) is 0 Å². The van der Waals surface area contributed by atoms with E-state index in [0.717, 1.165) is 36.5 Å². The van der Waals surface area contributed by atoms with Gasteiger partial charge >= 0.3 is 0 Å². The highest BCUT2D eigenvalue weighted by atomic mass is 16.2. The van der Waals surface area contributed by atoms with Gasteiger partial charge in [0, 0.05) is 23.7 Å². The van der Waals surface area contributed by atoms with Gasteiger partial charge in [0.2, 0.25) is 5.91 Å². The first kappa shape index (κ1) is 16.2. The van der Waals surface area contributed by atoms with E-state index >= 15 is 0 Å². The van der Waals surface area contributed by atoms with Crippen molar-refractivity contribution in [1.29, 1.82) is 0 Å². The van der Waals surface area contributed by atoms with E-state index in [0.29, 0.717) is 17.7 Å². The number of nitrogens with zero attached hydrogens (tertiary/aromatic N) is 2. The summed E-state index contributed by atoms with van der Waals surface area (Å²) in [4.78, 5) is 39.7. The molecule has 0 aromatic carbocycles. The highest BCUT2D eigenvalue weighted by Crippen LogP contribution is 2.36. The molecule has 23 heavy (non-hydrogen) atoms. The lowest BCUT2D eigenvalue weighted by molar-refractivity contribution is -0.146. The molecule has 0 radical (unpaired) electrons. The van der Waals surface area contributed by atoms with Crippen LogP contribution in [0.5, 0.6) is 0 Å². The van der Waals surface area contributed by atoms with Crippen LogP contribution >= 0.6 is 0 Å². The van der Waals surface area contributed by atoms with E-state index in [4.69, 9.17) is 0 Å². The molecule has 5 heteroatoms. The number of carbonyl (C=O) groups is 3. The second kappa shape index (κ2) is 6.46. The van der Waals surface area contributed by atoms with Crippen LogP contribution < -0.4 is 0 Å². The predicted molar refractivity (Wildman–Crippen MR) is 86.4 cm³/mol. The van der Waals surface area contributed by atoms with E-state index in [1.54, 1.807) is 6.92 Å². The highest BCUT2D eigenvalue weighted by molar-refractivity contribution is 6.17. The van der Waals surface area contributed by atoms with Crippen LogP contribution in [-0.4, -0.2) is 46.1 Å². The average molecular weight is 318 g/mol. The molecular weight excluding hydrogens is 292 g/mol. The SMILES string of the molecule is CCC1CCC(N(C(=O)CN2C(=O)C=C(C)C2=O)C2CC2)CC1. The Morgan fingerprint density at radius 3 is 2.13 bits per heavy atom. The molecule has 0 unspecified atom stereocenters. The summed E-state index contributed by atoms with van der Waals surface area (Å²) in [5.41, 5.74) is 0.421. The van der Waals surface area contributed by atoms with Gasteiger partial charge in [0.05, 0.1) is 0 Å². The zero-order chi connectivity index (χ0) is 16.6. The van der Waals surface area contributed by atoms with Crippen LogP contribution in [0, 0.1) is 5.92 Å². The molecule has 0 atom stereocenters. The van der Waals surface area contributed by atoms with Gasteiger partial charge in [0.25, 0.3) is 11.8 Å². The summed E-state index contributed by atoms with van der Waals surface area (Å²) < 4.78 is 0. The van der Waals surface area contributed by atoms with Gasteiger partial charge in [-0.25, -0.2) is 0 Å². The molecule has 0 aromatic rings. The van der Waals surface area contributed by atoms with E-state index < -0.39 is 0 Å². The summed E-state index contributed by atoms with van der Waals surface area (Å²) in [5.74, 6) is 0.0494. The van der Waals surface area contributed by atoms with Crippen LogP contribution in [0.4, 0.5) is 0 Å². The second-order valence-corrected chi connectivity index (χ2v) is 7.17. The summed E-state index contributed by atoms with van der Waals surface area (Å²) in [6.45, 7) is 3.75. The maximum atomic E-state index is 12.8. The van der Waals surface area contributed by atoms with Crippen LogP contribution in [0.1, 0.15) is 58.8 Å². The quantitative estimate of drug-likeness (QED) is 0.731. The van der Waals surface area contributed by atoms with Gasteiger partial charge in [-0.3, -0.25) is 19.3 Å². The third-order valence-corrected chi connectivity index (χ3v) is 5.50. The van der Waals surface area contributed by atoms with Gasteiger partial charge in [-0.15, -0.1) is 0 Å². The van der Waals surface area contributed by atoms with Gasteiger partial charge < -0.3 is 4.90 Å². The lowest BCUT2D eigenvalue weighted by Crippen LogP contribution is -2.49.